The Bertz CT molecular complexity index is 730. The molecule has 5 nitrogen and oxygen atoms in total. The topological polar surface area (TPSA) is 68.2 Å². The van der Waals surface area contributed by atoms with Crippen molar-refractivity contribution in [3.63, 3.8) is 0 Å². The van der Waals surface area contributed by atoms with E-state index in [2.05, 4.69) is 5.32 Å². The molecular weight excluding hydrogens is 256 g/mol. The lowest BCUT2D eigenvalue weighted by Gasteiger charge is -2.20. The van der Waals surface area contributed by atoms with Crippen molar-refractivity contribution in [1.29, 1.82) is 0 Å². The second-order valence-electron chi connectivity index (χ2n) is 5.06. The SMILES string of the molecule is Cn1cc(C2CCC(=O)NC2=O)c2cccc(C=O)c21. The third kappa shape index (κ3) is 1.82. The molecule has 0 radical (unpaired) electrons. The number of nitrogens with one attached hydrogen (secondary N) is 1. The summed E-state index contributed by atoms with van der Waals surface area (Å²) in [5, 5.41) is 3.27. The van der Waals surface area contributed by atoms with Crippen LogP contribution < -0.4 is 5.32 Å². The van der Waals surface area contributed by atoms with Gasteiger partial charge < -0.3 is 4.57 Å². The van der Waals surface area contributed by atoms with Gasteiger partial charge in [-0.3, -0.25) is 19.7 Å². The molecule has 0 aliphatic carbocycles. The molecule has 0 bridgehead atoms. The first-order chi connectivity index (χ1) is 9.61. The molecule has 1 atom stereocenters. The highest BCUT2D eigenvalue weighted by Gasteiger charge is 2.30. The predicted octanol–water partition coefficient (Wildman–Crippen LogP) is 1.51. The molecule has 1 saturated heterocycles. The highest BCUT2D eigenvalue weighted by molar-refractivity contribution is 6.04. The highest BCUT2D eigenvalue weighted by atomic mass is 16.2. The average Bonchev–Trinajstić information content (AvgIpc) is 2.76. The highest BCUT2D eigenvalue weighted by Crippen LogP contribution is 2.33. The maximum absolute atomic E-state index is 12.0. The van der Waals surface area contributed by atoms with E-state index in [1.165, 1.54) is 0 Å². The maximum atomic E-state index is 12.0. The summed E-state index contributed by atoms with van der Waals surface area (Å²) < 4.78 is 1.86. The normalized spacial score (nSPS) is 19.1. The molecule has 2 heterocycles. The van der Waals surface area contributed by atoms with E-state index in [1.807, 2.05) is 23.9 Å². The van der Waals surface area contributed by atoms with E-state index in [-0.39, 0.29) is 17.7 Å². The van der Waals surface area contributed by atoms with Gasteiger partial charge in [-0.15, -0.1) is 0 Å². The minimum absolute atomic E-state index is 0.222. The van der Waals surface area contributed by atoms with Gasteiger partial charge in [-0.05, 0) is 18.1 Å². The van der Waals surface area contributed by atoms with E-state index in [0.29, 0.717) is 18.4 Å². The smallest absolute Gasteiger partial charge is 0.234 e. The third-order valence-corrected chi connectivity index (χ3v) is 3.81. The molecular formula is C15H14N2O3. The summed E-state index contributed by atoms with van der Waals surface area (Å²) in [6.45, 7) is 0. The van der Waals surface area contributed by atoms with Crippen LogP contribution in [0.3, 0.4) is 0 Å². The molecule has 1 aromatic carbocycles. The summed E-state index contributed by atoms with van der Waals surface area (Å²) in [5.74, 6) is -0.816. The molecule has 0 spiro atoms. The predicted molar refractivity (Wildman–Crippen MR) is 73.4 cm³/mol. The minimum Gasteiger partial charge on any atom is -0.350 e. The summed E-state index contributed by atoms with van der Waals surface area (Å²) in [6.07, 6.45) is 3.55. The molecule has 3 rings (SSSR count). The monoisotopic (exact) mass is 270 g/mol. The largest absolute Gasteiger partial charge is 0.350 e. The number of carbonyl (C=O) groups excluding carboxylic acids is 3. The van der Waals surface area contributed by atoms with Crippen molar-refractivity contribution < 1.29 is 14.4 Å². The van der Waals surface area contributed by atoms with Crippen molar-refractivity contribution in [3.8, 4) is 0 Å². The van der Waals surface area contributed by atoms with Gasteiger partial charge in [0.2, 0.25) is 11.8 Å². The Morgan fingerprint density at radius 2 is 2.15 bits per heavy atom. The number of para-hydroxylation sites is 1. The average molecular weight is 270 g/mol. The number of nitrogens with zero attached hydrogens (tertiary/aromatic N) is 1. The second-order valence-corrected chi connectivity index (χ2v) is 5.06. The van der Waals surface area contributed by atoms with Gasteiger partial charge in [0, 0.05) is 30.6 Å². The lowest BCUT2D eigenvalue weighted by atomic mass is 9.90. The minimum atomic E-state index is -0.335. The number of hydrogen-bond donors (Lipinski definition) is 1. The molecule has 0 saturated carbocycles. The van der Waals surface area contributed by atoms with Crippen LogP contribution in [0.25, 0.3) is 10.9 Å². The van der Waals surface area contributed by atoms with Gasteiger partial charge in [-0.1, -0.05) is 12.1 Å². The Labute approximate surface area is 115 Å². The molecule has 2 amide bonds. The number of imide groups is 1. The first-order valence-electron chi connectivity index (χ1n) is 6.48. The van der Waals surface area contributed by atoms with Crippen LogP contribution in [0.15, 0.2) is 24.4 Å². The second kappa shape index (κ2) is 4.59. The van der Waals surface area contributed by atoms with Gasteiger partial charge in [0.25, 0.3) is 0 Å². The molecule has 1 aromatic heterocycles. The summed E-state index contributed by atoms with van der Waals surface area (Å²) in [4.78, 5) is 34.4. The number of benzene rings is 1. The van der Waals surface area contributed by atoms with Gasteiger partial charge in [0.15, 0.2) is 6.29 Å². The van der Waals surface area contributed by atoms with Crippen molar-refractivity contribution in [1.82, 2.24) is 9.88 Å². The number of aromatic nitrogens is 1. The molecule has 1 aliphatic rings. The van der Waals surface area contributed by atoms with Crippen LogP contribution in [0, 0.1) is 0 Å². The molecule has 2 aromatic rings. The number of rotatable bonds is 2. The number of fused-ring (bicyclic) bond motifs is 1. The van der Waals surface area contributed by atoms with E-state index >= 15 is 0 Å². The number of aryl methyl sites for hydroxylation is 1. The van der Waals surface area contributed by atoms with E-state index in [9.17, 15) is 14.4 Å². The molecule has 1 aliphatic heterocycles. The number of carbonyl (C=O) groups is 3. The Balaban J connectivity index is 2.15. The fourth-order valence-electron chi connectivity index (χ4n) is 2.89. The number of aldehydes is 1. The van der Waals surface area contributed by atoms with Gasteiger partial charge in [0.05, 0.1) is 11.4 Å². The fraction of sp³-hybridized carbons (Fsp3) is 0.267. The van der Waals surface area contributed by atoms with Crippen molar-refractivity contribution in [2.45, 2.75) is 18.8 Å². The Kier molecular flexibility index (Phi) is 2.89. The van der Waals surface area contributed by atoms with Crippen molar-refractivity contribution in [2.75, 3.05) is 0 Å². The Morgan fingerprint density at radius 3 is 2.85 bits per heavy atom. The molecule has 102 valence electrons. The number of piperidine rings is 1. The van der Waals surface area contributed by atoms with Crippen LogP contribution in [0.2, 0.25) is 0 Å². The standard InChI is InChI=1S/C15H14N2O3/c1-17-7-12(11-5-6-13(19)16-15(11)20)10-4-2-3-9(8-18)14(10)17/h2-4,7-8,11H,5-6H2,1H3,(H,16,19,20). The van der Waals surface area contributed by atoms with E-state index in [4.69, 9.17) is 0 Å². The van der Waals surface area contributed by atoms with Crippen molar-refractivity contribution >= 4 is 29.0 Å². The van der Waals surface area contributed by atoms with Crippen LogP contribution in [0.4, 0.5) is 0 Å². The number of hydrogen-bond acceptors (Lipinski definition) is 3. The zero-order valence-corrected chi connectivity index (χ0v) is 11.1. The van der Waals surface area contributed by atoms with Crippen LogP contribution in [-0.2, 0) is 16.6 Å². The lowest BCUT2D eigenvalue weighted by Crippen LogP contribution is -2.39. The van der Waals surface area contributed by atoms with Crippen molar-refractivity contribution in [3.05, 3.63) is 35.5 Å². The van der Waals surface area contributed by atoms with Gasteiger partial charge in [-0.2, -0.15) is 0 Å². The van der Waals surface area contributed by atoms with Gasteiger partial charge in [0.1, 0.15) is 0 Å². The Hall–Kier alpha value is -2.43. The summed E-state index contributed by atoms with van der Waals surface area (Å²) in [5.41, 5.74) is 2.29. The Morgan fingerprint density at radius 1 is 1.35 bits per heavy atom. The van der Waals surface area contributed by atoms with E-state index in [1.54, 1.807) is 12.1 Å². The van der Waals surface area contributed by atoms with Gasteiger partial charge in [-0.25, -0.2) is 0 Å². The van der Waals surface area contributed by atoms with Crippen LogP contribution >= 0.6 is 0 Å². The van der Waals surface area contributed by atoms with Crippen LogP contribution in [-0.4, -0.2) is 22.7 Å². The number of amides is 2. The quantitative estimate of drug-likeness (QED) is 0.664. The summed E-state index contributed by atoms with van der Waals surface area (Å²) >= 11 is 0. The maximum Gasteiger partial charge on any atom is 0.234 e. The third-order valence-electron chi connectivity index (χ3n) is 3.81. The fourth-order valence-corrected chi connectivity index (χ4v) is 2.89. The lowest BCUT2D eigenvalue weighted by molar-refractivity contribution is -0.134. The first-order valence-corrected chi connectivity index (χ1v) is 6.48. The molecule has 5 heteroatoms. The first kappa shape index (κ1) is 12.6. The zero-order valence-electron chi connectivity index (χ0n) is 11.1. The van der Waals surface area contributed by atoms with Gasteiger partial charge >= 0.3 is 0 Å². The molecule has 1 fully saturated rings. The van der Waals surface area contributed by atoms with Crippen LogP contribution in [0.5, 0.6) is 0 Å². The van der Waals surface area contributed by atoms with Crippen molar-refractivity contribution in [2.24, 2.45) is 7.05 Å². The molecule has 1 unspecified atom stereocenters. The van der Waals surface area contributed by atoms with E-state index < -0.39 is 0 Å². The summed E-state index contributed by atoms with van der Waals surface area (Å²) in [7, 11) is 1.85. The molecule has 1 N–H and O–H groups in total. The van der Waals surface area contributed by atoms with Crippen LogP contribution in [0.1, 0.15) is 34.7 Å². The zero-order chi connectivity index (χ0) is 14.3. The summed E-state index contributed by atoms with van der Waals surface area (Å²) in [6, 6.07) is 5.46. The molecule has 20 heavy (non-hydrogen) atoms. The van der Waals surface area contributed by atoms with E-state index in [0.717, 1.165) is 22.8 Å².